The number of carbonyl (C=O) groups is 1. The lowest BCUT2D eigenvalue weighted by Gasteiger charge is -1.99. The molecule has 22 heavy (non-hydrogen) atoms. The number of benzene rings is 1. The molecule has 4 nitrogen and oxygen atoms in total. The number of rotatable bonds is 3. The number of carbonyl (C=O) groups excluding carboxylic acids is 1. The van der Waals surface area contributed by atoms with Crippen molar-refractivity contribution in [3.05, 3.63) is 60.4 Å². The number of furan rings is 1. The molecule has 0 fully saturated rings. The van der Waals surface area contributed by atoms with Crippen molar-refractivity contribution in [1.82, 2.24) is 4.40 Å². The van der Waals surface area contributed by atoms with E-state index in [0.29, 0.717) is 22.8 Å². The average molecular weight is 291 g/mol. The zero-order valence-corrected chi connectivity index (χ0v) is 11.9. The van der Waals surface area contributed by atoms with Crippen molar-refractivity contribution in [3.63, 3.8) is 0 Å². The van der Waals surface area contributed by atoms with Crippen LogP contribution in [0.4, 0.5) is 0 Å². The topological polar surface area (TPSA) is 43.9 Å². The van der Waals surface area contributed by atoms with Gasteiger partial charge in [0.2, 0.25) is 0 Å². The fourth-order valence-electron chi connectivity index (χ4n) is 2.79. The predicted molar refractivity (Wildman–Crippen MR) is 84.5 cm³/mol. The van der Waals surface area contributed by atoms with Crippen LogP contribution in [-0.4, -0.2) is 17.8 Å². The van der Waals surface area contributed by atoms with E-state index in [2.05, 4.69) is 0 Å². The number of hydrogen-bond donors (Lipinski definition) is 0. The summed E-state index contributed by atoms with van der Waals surface area (Å²) in [6, 6.07) is 15.4. The van der Waals surface area contributed by atoms with E-state index >= 15 is 0 Å². The van der Waals surface area contributed by atoms with Crippen LogP contribution >= 0.6 is 0 Å². The van der Waals surface area contributed by atoms with Gasteiger partial charge in [0.25, 0.3) is 0 Å². The molecule has 1 aromatic carbocycles. The van der Waals surface area contributed by atoms with Gasteiger partial charge in [0.05, 0.1) is 12.8 Å². The molecule has 0 spiro atoms. The smallest absolute Gasteiger partial charge is 0.176 e. The van der Waals surface area contributed by atoms with Gasteiger partial charge >= 0.3 is 0 Å². The maximum Gasteiger partial charge on any atom is 0.176 e. The summed E-state index contributed by atoms with van der Waals surface area (Å²) in [7, 11) is 1.61. The van der Waals surface area contributed by atoms with E-state index in [9.17, 15) is 4.79 Å². The SMILES string of the molecule is COc1cccc2cc(-c3cc4ccccn4c3C=O)oc12. The van der Waals surface area contributed by atoms with Gasteiger partial charge in [-0.05, 0) is 30.3 Å². The largest absolute Gasteiger partial charge is 0.493 e. The normalized spacial score (nSPS) is 11.1. The van der Waals surface area contributed by atoms with E-state index in [1.165, 1.54) is 0 Å². The molecule has 0 aliphatic heterocycles. The Morgan fingerprint density at radius 3 is 2.86 bits per heavy atom. The zero-order valence-electron chi connectivity index (χ0n) is 11.9. The van der Waals surface area contributed by atoms with E-state index in [1.807, 2.05) is 59.1 Å². The maximum atomic E-state index is 11.5. The molecular weight excluding hydrogens is 278 g/mol. The lowest BCUT2D eigenvalue weighted by Crippen LogP contribution is -1.90. The third-order valence-corrected chi connectivity index (χ3v) is 3.82. The lowest BCUT2D eigenvalue weighted by atomic mass is 10.1. The van der Waals surface area contributed by atoms with Gasteiger partial charge in [-0.25, -0.2) is 0 Å². The Hall–Kier alpha value is -3.01. The molecule has 4 heteroatoms. The number of para-hydroxylation sites is 1. The summed E-state index contributed by atoms with van der Waals surface area (Å²) in [6.07, 6.45) is 2.72. The fourth-order valence-corrected chi connectivity index (χ4v) is 2.79. The van der Waals surface area contributed by atoms with Crippen molar-refractivity contribution in [2.24, 2.45) is 0 Å². The number of fused-ring (bicyclic) bond motifs is 2. The molecule has 0 N–H and O–H groups in total. The van der Waals surface area contributed by atoms with Crippen LogP contribution in [0, 0.1) is 0 Å². The van der Waals surface area contributed by atoms with Crippen molar-refractivity contribution in [2.45, 2.75) is 0 Å². The number of pyridine rings is 1. The number of aldehydes is 1. The summed E-state index contributed by atoms with van der Waals surface area (Å²) in [4.78, 5) is 11.5. The Bertz CT molecular complexity index is 994. The summed E-state index contributed by atoms with van der Waals surface area (Å²) in [6.45, 7) is 0. The van der Waals surface area contributed by atoms with Gasteiger partial charge in [-0.15, -0.1) is 0 Å². The van der Waals surface area contributed by atoms with Gasteiger partial charge in [-0.3, -0.25) is 4.79 Å². The second-order valence-corrected chi connectivity index (χ2v) is 5.05. The van der Waals surface area contributed by atoms with Gasteiger partial charge in [-0.2, -0.15) is 0 Å². The van der Waals surface area contributed by atoms with E-state index in [-0.39, 0.29) is 0 Å². The molecule has 0 amide bonds. The van der Waals surface area contributed by atoms with Crippen molar-refractivity contribution >= 4 is 22.8 Å². The molecule has 4 rings (SSSR count). The highest BCUT2D eigenvalue weighted by Gasteiger charge is 2.16. The summed E-state index contributed by atoms with van der Waals surface area (Å²) >= 11 is 0. The summed E-state index contributed by atoms with van der Waals surface area (Å²) in [5.41, 5.74) is 2.99. The number of hydrogen-bond acceptors (Lipinski definition) is 3. The molecule has 0 atom stereocenters. The first-order valence-corrected chi connectivity index (χ1v) is 6.94. The average Bonchev–Trinajstić information content (AvgIpc) is 3.15. The fraction of sp³-hybridized carbons (Fsp3) is 0.0556. The first-order valence-electron chi connectivity index (χ1n) is 6.94. The monoisotopic (exact) mass is 291 g/mol. The van der Waals surface area contributed by atoms with E-state index in [1.54, 1.807) is 7.11 Å². The van der Waals surface area contributed by atoms with Crippen LogP contribution in [-0.2, 0) is 0 Å². The van der Waals surface area contributed by atoms with Gasteiger partial charge < -0.3 is 13.6 Å². The Kier molecular flexibility index (Phi) is 2.76. The Labute approximate surface area is 126 Å². The Morgan fingerprint density at radius 1 is 1.14 bits per heavy atom. The number of methoxy groups -OCH3 is 1. The van der Waals surface area contributed by atoms with Crippen LogP contribution in [0.15, 0.2) is 59.1 Å². The van der Waals surface area contributed by atoms with Crippen molar-refractivity contribution < 1.29 is 13.9 Å². The van der Waals surface area contributed by atoms with Crippen LogP contribution in [0.5, 0.6) is 5.75 Å². The molecule has 4 aromatic rings. The highest BCUT2D eigenvalue weighted by Crippen LogP contribution is 2.35. The second-order valence-electron chi connectivity index (χ2n) is 5.05. The molecule has 0 radical (unpaired) electrons. The maximum absolute atomic E-state index is 11.5. The van der Waals surface area contributed by atoms with Gasteiger partial charge in [0, 0.05) is 22.7 Å². The molecule has 0 bridgehead atoms. The third kappa shape index (κ3) is 1.74. The molecule has 108 valence electrons. The minimum atomic E-state index is 0.577. The molecule has 3 heterocycles. The van der Waals surface area contributed by atoms with E-state index in [4.69, 9.17) is 9.15 Å². The lowest BCUT2D eigenvalue weighted by molar-refractivity contribution is 0.111. The Morgan fingerprint density at radius 2 is 2.05 bits per heavy atom. The molecule has 0 unspecified atom stereocenters. The van der Waals surface area contributed by atoms with Gasteiger partial charge in [0.1, 0.15) is 5.76 Å². The van der Waals surface area contributed by atoms with E-state index in [0.717, 1.165) is 22.8 Å². The molecule has 0 aliphatic rings. The van der Waals surface area contributed by atoms with Crippen LogP contribution in [0.2, 0.25) is 0 Å². The van der Waals surface area contributed by atoms with Crippen molar-refractivity contribution in [1.29, 1.82) is 0 Å². The summed E-state index contributed by atoms with van der Waals surface area (Å²) in [5, 5.41) is 0.946. The van der Waals surface area contributed by atoms with Crippen LogP contribution < -0.4 is 4.74 Å². The summed E-state index contributed by atoms with van der Waals surface area (Å²) in [5.74, 6) is 1.34. The minimum Gasteiger partial charge on any atom is -0.493 e. The molecule has 0 aliphatic carbocycles. The van der Waals surface area contributed by atoms with Crippen molar-refractivity contribution in [2.75, 3.05) is 7.11 Å². The first kappa shape index (κ1) is 12.7. The van der Waals surface area contributed by atoms with Crippen LogP contribution in [0.3, 0.4) is 0 Å². The number of aromatic nitrogens is 1. The minimum absolute atomic E-state index is 0.577. The standard InChI is InChI=1S/C18H13NO3/c1-21-16-7-4-5-12-9-17(22-18(12)16)14-10-13-6-2-3-8-19(13)15(14)11-20/h2-11H,1H3. The second kappa shape index (κ2) is 4.77. The molecule has 0 saturated heterocycles. The van der Waals surface area contributed by atoms with Crippen LogP contribution in [0.25, 0.3) is 27.8 Å². The number of nitrogens with zero attached hydrogens (tertiary/aromatic N) is 1. The zero-order chi connectivity index (χ0) is 15.1. The molecule has 3 aromatic heterocycles. The van der Waals surface area contributed by atoms with E-state index < -0.39 is 0 Å². The first-order chi connectivity index (χ1) is 10.8. The van der Waals surface area contributed by atoms with Crippen molar-refractivity contribution in [3.8, 4) is 17.1 Å². The predicted octanol–water partition coefficient (Wildman–Crippen LogP) is 4.17. The Balaban J connectivity index is 2.01. The van der Waals surface area contributed by atoms with Gasteiger partial charge in [0.15, 0.2) is 17.6 Å². The molecule has 0 saturated carbocycles. The molecular formula is C18H13NO3. The van der Waals surface area contributed by atoms with Crippen LogP contribution in [0.1, 0.15) is 10.5 Å². The highest BCUT2D eigenvalue weighted by atomic mass is 16.5. The third-order valence-electron chi connectivity index (χ3n) is 3.82. The van der Waals surface area contributed by atoms with Gasteiger partial charge in [-0.1, -0.05) is 18.2 Å². The highest BCUT2D eigenvalue weighted by molar-refractivity contribution is 5.93. The number of ether oxygens (including phenoxy) is 1. The summed E-state index contributed by atoms with van der Waals surface area (Å²) < 4.78 is 13.1. The quantitative estimate of drug-likeness (QED) is 0.532.